The van der Waals surface area contributed by atoms with E-state index in [4.69, 9.17) is 10.5 Å². The average Bonchev–Trinajstić information content (AvgIpc) is 3.14. The van der Waals surface area contributed by atoms with Gasteiger partial charge in [-0.3, -0.25) is 4.79 Å². The van der Waals surface area contributed by atoms with Gasteiger partial charge in [0, 0.05) is 30.6 Å². The Morgan fingerprint density at radius 3 is 2.67 bits per heavy atom. The molecule has 0 saturated heterocycles. The summed E-state index contributed by atoms with van der Waals surface area (Å²) in [6.45, 7) is 0.200. The Hall–Kier alpha value is -3.02. The average molecular weight is 367 g/mol. The number of rotatable bonds is 7. The number of anilines is 1. The third kappa shape index (κ3) is 5.00. The second kappa shape index (κ2) is 8.58. The van der Waals surface area contributed by atoms with Gasteiger partial charge in [0.05, 0.1) is 6.54 Å². The van der Waals surface area contributed by atoms with E-state index in [9.17, 15) is 9.90 Å². The fourth-order valence-corrected chi connectivity index (χ4v) is 3.31. The molecule has 1 aliphatic carbocycles. The predicted molar refractivity (Wildman–Crippen MR) is 106 cm³/mol. The number of nitrogens with zero attached hydrogens (tertiary/aromatic N) is 2. The first-order valence-electron chi connectivity index (χ1n) is 9.15. The molecule has 6 heteroatoms. The highest BCUT2D eigenvalue weighted by molar-refractivity contribution is 5.86. The van der Waals surface area contributed by atoms with Crippen LogP contribution in [0.2, 0.25) is 0 Å². The number of nitrogens with two attached hydrogens (primary N) is 1. The number of likely N-dealkylation sites (N-methyl/N-ethyl adjacent to an activating group) is 1. The molecule has 2 aromatic rings. The second-order valence-electron chi connectivity index (χ2n) is 6.82. The molecule has 27 heavy (non-hydrogen) atoms. The maximum absolute atomic E-state index is 10.8. The number of aliphatic hydroxyl groups is 1. The van der Waals surface area contributed by atoms with E-state index in [2.05, 4.69) is 4.98 Å². The summed E-state index contributed by atoms with van der Waals surface area (Å²) in [5, 5.41) is 9.75. The van der Waals surface area contributed by atoms with Gasteiger partial charge in [0.1, 0.15) is 11.9 Å². The molecule has 0 unspecified atom stereocenters. The lowest BCUT2D eigenvalue weighted by Gasteiger charge is -2.19. The van der Waals surface area contributed by atoms with Gasteiger partial charge in [-0.05, 0) is 55.5 Å². The molecule has 1 heterocycles. The molecular weight excluding hydrogens is 342 g/mol. The van der Waals surface area contributed by atoms with E-state index in [1.165, 1.54) is 12.8 Å². The van der Waals surface area contributed by atoms with Crippen LogP contribution in [-0.4, -0.2) is 35.7 Å². The molecule has 0 atom stereocenters. The van der Waals surface area contributed by atoms with Gasteiger partial charge in [0.15, 0.2) is 0 Å². The molecule has 142 valence electrons. The van der Waals surface area contributed by atoms with Crippen molar-refractivity contribution < 1.29 is 14.6 Å². The Morgan fingerprint density at radius 2 is 2.00 bits per heavy atom. The number of hydrogen-bond acceptors (Lipinski definition) is 5. The summed E-state index contributed by atoms with van der Waals surface area (Å²) in [5.74, 6) is -0.0660. The molecule has 1 aromatic heterocycles. The highest BCUT2D eigenvalue weighted by Crippen LogP contribution is 2.32. The smallest absolute Gasteiger partial charge is 0.244 e. The predicted octanol–water partition coefficient (Wildman–Crippen LogP) is 3.43. The minimum atomic E-state index is -0.664. The molecule has 1 fully saturated rings. The number of hydrogen-bond donors (Lipinski definition) is 2. The van der Waals surface area contributed by atoms with Gasteiger partial charge in [0.2, 0.25) is 11.8 Å². The third-order valence-corrected chi connectivity index (χ3v) is 4.68. The van der Waals surface area contributed by atoms with Crippen molar-refractivity contribution >= 4 is 11.6 Å². The molecule has 3 N–H and O–H groups in total. The van der Waals surface area contributed by atoms with Gasteiger partial charge in [-0.2, -0.15) is 0 Å². The standard InChI is InChI=1S/C21H25N3O3/c1-24(14-17(25)13-20(22)26)16-10-8-15(9-11-16)19-7-4-12-23-21(19)27-18-5-2-3-6-18/h4,7-13,18,25H,2-3,5-6,14H2,1H3,(H2,22,26)/b17-13-. The minimum absolute atomic E-state index is 0.0754. The zero-order chi connectivity index (χ0) is 19.2. The van der Waals surface area contributed by atoms with E-state index in [1.807, 2.05) is 48.3 Å². The quantitative estimate of drug-likeness (QED) is 0.578. The molecule has 0 bridgehead atoms. The summed E-state index contributed by atoms with van der Waals surface area (Å²) in [6, 6.07) is 11.8. The van der Waals surface area contributed by atoms with Crippen molar-refractivity contribution in [1.29, 1.82) is 0 Å². The second-order valence-corrected chi connectivity index (χ2v) is 6.82. The summed E-state index contributed by atoms with van der Waals surface area (Å²) < 4.78 is 6.12. The van der Waals surface area contributed by atoms with Gasteiger partial charge in [-0.1, -0.05) is 12.1 Å². The van der Waals surface area contributed by atoms with Crippen LogP contribution in [0.5, 0.6) is 5.88 Å². The van der Waals surface area contributed by atoms with Crippen LogP contribution in [0.25, 0.3) is 11.1 Å². The first-order chi connectivity index (χ1) is 13.0. The molecule has 1 amide bonds. The van der Waals surface area contributed by atoms with Gasteiger partial charge >= 0.3 is 0 Å². The third-order valence-electron chi connectivity index (χ3n) is 4.68. The zero-order valence-corrected chi connectivity index (χ0v) is 15.5. The number of amides is 1. The lowest BCUT2D eigenvalue weighted by molar-refractivity contribution is -0.113. The highest BCUT2D eigenvalue weighted by Gasteiger charge is 2.19. The van der Waals surface area contributed by atoms with Gasteiger partial charge < -0.3 is 20.5 Å². The van der Waals surface area contributed by atoms with Crippen LogP contribution < -0.4 is 15.4 Å². The SMILES string of the molecule is CN(C/C(O)=C/C(N)=O)c1ccc(-c2cccnc2OC2CCCC2)cc1. The zero-order valence-electron chi connectivity index (χ0n) is 15.5. The Kier molecular flexibility index (Phi) is 5.96. The van der Waals surface area contributed by atoms with E-state index in [-0.39, 0.29) is 18.4 Å². The Bertz CT molecular complexity index is 812. The van der Waals surface area contributed by atoms with Crippen molar-refractivity contribution in [2.45, 2.75) is 31.8 Å². The molecule has 0 spiro atoms. The Balaban J connectivity index is 1.74. The lowest BCUT2D eigenvalue weighted by Crippen LogP contribution is -2.21. The van der Waals surface area contributed by atoms with Crippen molar-refractivity contribution in [2.24, 2.45) is 5.73 Å². The maximum Gasteiger partial charge on any atom is 0.244 e. The summed E-state index contributed by atoms with van der Waals surface area (Å²) in [6.07, 6.45) is 7.63. The van der Waals surface area contributed by atoms with Crippen LogP contribution in [0.3, 0.4) is 0 Å². The molecule has 1 aromatic carbocycles. The molecule has 3 rings (SSSR count). The largest absolute Gasteiger partial charge is 0.510 e. The monoisotopic (exact) mass is 367 g/mol. The normalized spacial score (nSPS) is 14.9. The van der Waals surface area contributed by atoms with Gasteiger partial charge in [-0.25, -0.2) is 4.98 Å². The number of aromatic nitrogens is 1. The fourth-order valence-electron chi connectivity index (χ4n) is 3.31. The van der Waals surface area contributed by atoms with E-state index < -0.39 is 5.91 Å². The van der Waals surface area contributed by atoms with Crippen molar-refractivity contribution in [3.63, 3.8) is 0 Å². The van der Waals surface area contributed by atoms with Crippen molar-refractivity contribution in [3.8, 4) is 17.0 Å². The highest BCUT2D eigenvalue weighted by atomic mass is 16.5. The molecule has 0 radical (unpaired) electrons. The first-order valence-corrected chi connectivity index (χ1v) is 9.15. The number of carbonyl (C=O) groups excluding carboxylic acids is 1. The van der Waals surface area contributed by atoms with E-state index in [0.717, 1.165) is 35.7 Å². The van der Waals surface area contributed by atoms with Gasteiger partial charge in [0.25, 0.3) is 0 Å². The minimum Gasteiger partial charge on any atom is -0.510 e. The van der Waals surface area contributed by atoms with E-state index in [0.29, 0.717) is 5.88 Å². The Morgan fingerprint density at radius 1 is 1.30 bits per heavy atom. The molecule has 6 nitrogen and oxygen atoms in total. The van der Waals surface area contributed by atoms with Crippen LogP contribution in [0.1, 0.15) is 25.7 Å². The number of aliphatic hydroxyl groups excluding tert-OH is 1. The summed E-state index contributed by atoms with van der Waals surface area (Å²) in [4.78, 5) is 17.1. The summed E-state index contributed by atoms with van der Waals surface area (Å²) >= 11 is 0. The van der Waals surface area contributed by atoms with Crippen LogP contribution in [0, 0.1) is 0 Å². The number of primary amides is 1. The van der Waals surface area contributed by atoms with Crippen LogP contribution in [-0.2, 0) is 4.79 Å². The van der Waals surface area contributed by atoms with Gasteiger partial charge in [-0.15, -0.1) is 0 Å². The molecule has 1 aliphatic rings. The van der Waals surface area contributed by atoms with Crippen LogP contribution >= 0.6 is 0 Å². The maximum atomic E-state index is 10.8. The fraction of sp³-hybridized carbons (Fsp3) is 0.333. The summed E-state index contributed by atoms with van der Waals surface area (Å²) in [5.41, 5.74) is 7.95. The summed E-state index contributed by atoms with van der Waals surface area (Å²) in [7, 11) is 1.83. The van der Waals surface area contributed by atoms with Crippen molar-refractivity contribution in [3.05, 3.63) is 54.4 Å². The number of ether oxygens (including phenoxy) is 1. The van der Waals surface area contributed by atoms with Crippen molar-refractivity contribution in [1.82, 2.24) is 4.98 Å². The first kappa shape index (κ1) is 18.8. The topological polar surface area (TPSA) is 88.7 Å². The molecule has 1 saturated carbocycles. The molecule has 0 aliphatic heterocycles. The van der Waals surface area contributed by atoms with Crippen LogP contribution in [0.15, 0.2) is 54.4 Å². The number of pyridine rings is 1. The lowest BCUT2D eigenvalue weighted by atomic mass is 10.1. The number of benzene rings is 1. The van der Waals surface area contributed by atoms with Crippen molar-refractivity contribution in [2.75, 3.05) is 18.5 Å². The number of carbonyl (C=O) groups is 1. The van der Waals surface area contributed by atoms with Crippen LogP contribution in [0.4, 0.5) is 5.69 Å². The van der Waals surface area contributed by atoms with E-state index >= 15 is 0 Å². The van der Waals surface area contributed by atoms with E-state index in [1.54, 1.807) is 6.20 Å². The molecular formula is C21H25N3O3. The Labute approximate surface area is 159 Å².